The second-order valence-corrected chi connectivity index (χ2v) is 4.84. The van der Waals surface area contributed by atoms with E-state index in [4.69, 9.17) is 28.3 Å². The summed E-state index contributed by atoms with van der Waals surface area (Å²) in [7, 11) is 0. The summed E-state index contributed by atoms with van der Waals surface area (Å²) in [5.41, 5.74) is 1.01. The number of hydrogen-bond acceptors (Lipinski definition) is 1. The van der Waals surface area contributed by atoms with Gasteiger partial charge >= 0.3 is 6.09 Å². The van der Waals surface area contributed by atoms with Gasteiger partial charge in [0.25, 0.3) is 0 Å². The maximum absolute atomic E-state index is 10.4. The quantitative estimate of drug-likeness (QED) is 0.815. The Balaban J connectivity index is 2.51. The van der Waals surface area contributed by atoms with Crippen molar-refractivity contribution in [3.63, 3.8) is 0 Å². The van der Waals surface area contributed by atoms with Gasteiger partial charge in [0.1, 0.15) is 0 Å². The van der Waals surface area contributed by atoms with E-state index in [1.54, 1.807) is 0 Å². The molecular formula is C12H15Cl2NO2. The fourth-order valence-electron chi connectivity index (χ4n) is 1.53. The van der Waals surface area contributed by atoms with Crippen LogP contribution in [0.2, 0.25) is 0 Å². The van der Waals surface area contributed by atoms with E-state index in [-0.39, 0.29) is 6.04 Å². The van der Waals surface area contributed by atoms with Gasteiger partial charge in [-0.1, -0.05) is 35.4 Å². The average Bonchev–Trinajstić information content (AvgIpc) is 2.39. The highest BCUT2D eigenvalue weighted by Crippen LogP contribution is 2.25. The molecule has 0 spiro atoms. The molecule has 0 aliphatic heterocycles. The number of allylic oxidation sites excluding steroid dienone is 6. The Morgan fingerprint density at radius 1 is 1.53 bits per heavy atom. The van der Waals surface area contributed by atoms with Gasteiger partial charge < -0.3 is 10.4 Å². The predicted molar refractivity (Wildman–Crippen MR) is 70.4 cm³/mol. The fourth-order valence-corrected chi connectivity index (χ4v) is 1.91. The van der Waals surface area contributed by atoms with Gasteiger partial charge in [-0.15, -0.1) is 0 Å². The van der Waals surface area contributed by atoms with Crippen LogP contribution in [-0.4, -0.2) is 17.2 Å². The molecule has 0 aromatic carbocycles. The van der Waals surface area contributed by atoms with Gasteiger partial charge in [0.2, 0.25) is 0 Å². The van der Waals surface area contributed by atoms with Crippen LogP contribution in [0.3, 0.4) is 0 Å². The van der Waals surface area contributed by atoms with Crippen LogP contribution in [0.1, 0.15) is 26.2 Å². The number of nitrogens with one attached hydrogen (secondary N) is 1. The lowest BCUT2D eigenvalue weighted by Crippen LogP contribution is -2.30. The third kappa shape index (κ3) is 5.29. The Hall–Kier alpha value is -0.930. The molecule has 2 N–H and O–H groups in total. The van der Waals surface area contributed by atoms with Crippen molar-refractivity contribution in [2.75, 3.05) is 0 Å². The molecule has 0 saturated heterocycles. The summed E-state index contributed by atoms with van der Waals surface area (Å²) in [6.07, 6.45) is 6.62. The average molecular weight is 276 g/mol. The van der Waals surface area contributed by atoms with E-state index in [9.17, 15) is 4.79 Å². The Morgan fingerprint density at radius 3 is 2.88 bits per heavy atom. The highest BCUT2D eigenvalue weighted by Gasteiger charge is 2.09. The summed E-state index contributed by atoms with van der Waals surface area (Å²) in [6.45, 7) is 1.83. The summed E-state index contributed by atoms with van der Waals surface area (Å²) in [6, 6.07) is -0.0930. The van der Waals surface area contributed by atoms with Crippen LogP contribution in [0.5, 0.6) is 0 Å². The molecule has 5 heteroatoms. The highest BCUT2D eigenvalue weighted by atomic mass is 35.5. The van der Waals surface area contributed by atoms with Crippen LogP contribution in [0.25, 0.3) is 0 Å². The zero-order chi connectivity index (χ0) is 12.8. The number of amides is 1. The van der Waals surface area contributed by atoms with Gasteiger partial charge in [0.05, 0.1) is 0 Å². The first-order chi connectivity index (χ1) is 7.99. The zero-order valence-electron chi connectivity index (χ0n) is 9.54. The Kier molecular flexibility index (Phi) is 5.59. The minimum Gasteiger partial charge on any atom is -0.465 e. The van der Waals surface area contributed by atoms with E-state index in [0.29, 0.717) is 17.9 Å². The minimum atomic E-state index is -1.00. The van der Waals surface area contributed by atoms with Gasteiger partial charge in [-0.25, -0.2) is 4.79 Å². The third-order valence-electron chi connectivity index (χ3n) is 2.49. The van der Waals surface area contributed by atoms with Gasteiger partial charge in [-0.2, -0.15) is 0 Å². The number of hydrogen-bond donors (Lipinski definition) is 2. The van der Waals surface area contributed by atoms with E-state index in [2.05, 4.69) is 5.32 Å². The standard InChI is InChI=1S/C12H15Cl2NO2/c1-8(15-12(16)17)2-3-9-4-5-10(13)6-7-11(9)14/h4-6,8,15H,2-3,7H2,1H3,(H,16,17). The normalized spacial score (nSPS) is 17.5. The summed E-state index contributed by atoms with van der Waals surface area (Å²) in [5.74, 6) is 0. The van der Waals surface area contributed by atoms with Crippen LogP contribution >= 0.6 is 23.2 Å². The van der Waals surface area contributed by atoms with Crippen molar-refractivity contribution in [3.8, 4) is 0 Å². The van der Waals surface area contributed by atoms with E-state index in [1.807, 2.05) is 25.2 Å². The van der Waals surface area contributed by atoms with Crippen molar-refractivity contribution in [2.45, 2.75) is 32.2 Å². The molecule has 1 aliphatic carbocycles. The molecule has 0 aromatic heterocycles. The highest BCUT2D eigenvalue weighted by molar-refractivity contribution is 6.32. The van der Waals surface area contributed by atoms with Crippen LogP contribution in [0.4, 0.5) is 4.79 Å². The van der Waals surface area contributed by atoms with E-state index < -0.39 is 6.09 Å². The Morgan fingerprint density at radius 2 is 2.24 bits per heavy atom. The van der Waals surface area contributed by atoms with Crippen molar-refractivity contribution < 1.29 is 9.90 Å². The van der Waals surface area contributed by atoms with E-state index >= 15 is 0 Å². The lowest BCUT2D eigenvalue weighted by atomic mass is 10.1. The molecular weight excluding hydrogens is 261 g/mol. The maximum Gasteiger partial charge on any atom is 0.404 e. The molecule has 94 valence electrons. The van der Waals surface area contributed by atoms with E-state index in [1.165, 1.54) is 0 Å². The zero-order valence-corrected chi connectivity index (χ0v) is 11.1. The molecule has 0 aromatic rings. The van der Waals surface area contributed by atoms with Crippen molar-refractivity contribution in [1.29, 1.82) is 0 Å². The molecule has 1 unspecified atom stereocenters. The van der Waals surface area contributed by atoms with Crippen molar-refractivity contribution in [2.24, 2.45) is 0 Å². The molecule has 1 amide bonds. The lowest BCUT2D eigenvalue weighted by Gasteiger charge is -2.12. The molecule has 1 rings (SSSR count). The molecule has 1 aliphatic rings. The Bertz CT molecular complexity index is 386. The molecule has 0 saturated carbocycles. The molecule has 0 radical (unpaired) electrons. The second-order valence-electron chi connectivity index (χ2n) is 3.95. The first-order valence-corrected chi connectivity index (χ1v) is 6.15. The van der Waals surface area contributed by atoms with Gasteiger partial charge in [0, 0.05) is 22.5 Å². The van der Waals surface area contributed by atoms with Crippen molar-refractivity contribution in [1.82, 2.24) is 5.32 Å². The van der Waals surface area contributed by atoms with Crippen LogP contribution in [0, 0.1) is 0 Å². The number of halogens is 2. The topological polar surface area (TPSA) is 49.3 Å². The molecule has 0 heterocycles. The molecule has 0 bridgehead atoms. The summed E-state index contributed by atoms with van der Waals surface area (Å²) in [4.78, 5) is 10.4. The lowest BCUT2D eigenvalue weighted by molar-refractivity contribution is 0.190. The fraction of sp³-hybridized carbons (Fsp3) is 0.417. The monoisotopic (exact) mass is 275 g/mol. The largest absolute Gasteiger partial charge is 0.465 e. The van der Waals surface area contributed by atoms with Crippen LogP contribution < -0.4 is 5.32 Å². The summed E-state index contributed by atoms with van der Waals surface area (Å²) in [5, 5.41) is 12.4. The predicted octanol–water partition coefficient (Wildman–Crippen LogP) is 4.00. The van der Waals surface area contributed by atoms with Crippen LogP contribution in [0.15, 0.2) is 33.9 Å². The maximum atomic E-state index is 10.4. The summed E-state index contributed by atoms with van der Waals surface area (Å²) >= 11 is 12.0. The third-order valence-corrected chi connectivity index (χ3v) is 3.16. The van der Waals surface area contributed by atoms with Crippen molar-refractivity contribution >= 4 is 29.3 Å². The van der Waals surface area contributed by atoms with E-state index in [0.717, 1.165) is 17.0 Å². The van der Waals surface area contributed by atoms with Gasteiger partial charge in [-0.3, -0.25) is 0 Å². The van der Waals surface area contributed by atoms with Crippen LogP contribution in [-0.2, 0) is 0 Å². The first-order valence-electron chi connectivity index (χ1n) is 5.39. The minimum absolute atomic E-state index is 0.0930. The number of rotatable bonds is 4. The smallest absolute Gasteiger partial charge is 0.404 e. The number of carbonyl (C=O) groups is 1. The first kappa shape index (κ1) is 14.1. The molecule has 17 heavy (non-hydrogen) atoms. The van der Waals surface area contributed by atoms with Crippen molar-refractivity contribution in [3.05, 3.63) is 33.9 Å². The molecule has 3 nitrogen and oxygen atoms in total. The summed E-state index contributed by atoms with van der Waals surface area (Å²) < 4.78 is 0. The Labute approximate surface area is 111 Å². The van der Waals surface area contributed by atoms with Gasteiger partial charge in [0.15, 0.2) is 0 Å². The molecule has 0 fully saturated rings. The second kappa shape index (κ2) is 6.72. The molecule has 1 atom stereocenters. The van der Waals surface area contributed by atoms with Gasteiger partial charge in [-0.05, 0) is 31.4 Å². The SMILES string of the molecule is CC(CCC1=C(Cl)CC=C(Cl)C=C1)NC(=O)O. The number of carboxylic acid groups (broad SMARTS) is 1.